The van der Waals surface area contributed by atoms with E-state index in [1.54, 1.807) is 24.3 Å². The Morgan fingerprint density at radius 3 is 1.02 bits per heavy atom. The summed E-state index contributed by atoms with van der Waals surface area (Å²) in [5.74, 6) is -14.5. The summed E-state index contributed by atoms with van der Waals surface area (Å²) < 4.78 is 130. The second-order valence-corrected chi connectivity index (χ2v) is 10.7. The van der Waals surface area contributed by atoms with Gasteiger partial charge in [0.15, 0.2) is 0 Å². The molecule has 0 N–H and O–H groups in total. The van der Waals surface area contributed by atoms with Crippen molar-refractivity contribution in [3.63, 3.8) is 0 Å². The highest BCUT2D eigenvalue weighted by Crippen LogP contribution is 2.29. The quantitative estimate of drug-likeness (QED) is 0.0250. The Morgan fingerprint density at radius 2 is 0.673 bits per heavy atom. The van der Waals surface area contributed by atoms with Crippen LogP contribution in [0.4, 0.5) is 22.0 Å². The number of rotatable bonds is 35. The van der Waals surface area contributed by atoms with Gasteiger partial charge in [-0.05, 0) is 12.1 Å². The maximum absolute atomic E-state index is 13.5. The molecule has 14 nitrogen and oxygen atoms in total. The summed E-state index contributed by atoms with van der Waals surface area (Å²) in [6.45, 7) is 6.78. The Morgan fingerprint density at radius 1 is 0.382 bits per heavy atom. The fourth-order valence-electron chi connectivity index (χ4n) is 3.93. The molecule has 312 valence electrons. The minimum absolute atomic E-state index is 0.0741. The monoisotopic (exact) mass is 800 g/mol. The van der Waals surface area contributed by atoms with Crippen molar-refractivity contribution in [2.45, 2.75) is 6.42 Å². The zero-order valence-corrected chi connectivity index (χ0v) is 30.5. The minimum atomic E-state index is -2.35. The molecule has 0 heterocycles. The maximum atomic E-state index is 13.5. The number of hydrogen-bond donors (Lipinski definition) is 0. The maximum Gasteiger partial charge on any atom is 0.338 e. The molecule has 19 heteroatoms. The molecule has 0 bridgehead atoms. The number of hydrogen-bond acceptors (Lipinski definition) is 14. The second-order valence-electron chi connectivity index (χ2n) is 10.7. The Balaban J connectivity index is 1.20. The van der Waals surface area contributed by atoms with Crippen LogP contribution in [0.3, 0.4) is 0 Å². The SMILES string of the molecule is O=C(CCOCCOCCOCCOCCOCCOCCOCCOCCOCCOCCOC(=O)c1ccccc1)Oc1c(F)c(F)c(F)c(F)c1F. The van der Waals surface area contributed by atoms with Crippen LogP contribution in [-0.4, -0.2) is 151 Å². The number of ether oxygens (including phenoxy) is 12. The lowest BCUT2D eigenvalue weighted by Crippen LogP contribution is -2.16. The van der Waals surface area contributed by atoms with Crippen molar-refractivity contribution in [2.75, 3.05) is 139 Å². The average Bonchev–Trinajstić information content (AvgIpc) is 3.20. The van der Waals surface area contributed by atoms with E-state index < -0.39 is 47.2 Å². The van der Waals surface area contributed by atoms with Gasteiger partial charge < -0.3 is 56.8 Å². The van der Waals surface area contributed by atoms with Crippen LogP contribution in [0.5, 0.6) is 5.75 Å². The molecule has 0 fully saturated rings. The summed E-state index contributed by atoms with van der Waals surface area (Å²) >= 11 is 0. The van der Waals surface area contributed by atoms with Crippen LogP contribution in [0.2, 0.25) is 0 Å². The highest BCUT2D eigenvalue weighted by molar-refractivity contribution is 5.89. The van der Waals surface area contributed by atoms with Crippen molar-refractivity contribution in [2.24, 2.45) is 0 Å². The Hall–Kier alpha value is -3.37. The first-order valence-electron chi connectivity index (χ1n) is 17.5. The summed E-state index contributed by atoms with van der Waals surface area (Å²) in [4.78, 5) is 23.4. The Kier molecular flexibility index (Phi) is 27.6. The van der Waals surface area contributed by atoms with Crippen molar-refractivity contribution in [1.29, 1.82) is 0 Å². The van der Waals surface area contributed by atoms with Crippen LogP contribution in [0.1, 0.15) is 16.8 Å². The fourth-order valence-corrected chi connectivity index (χ4v) is 3.93. The van der Waals surface area contributed by atoms with Gasteiger partial charge in [-0.25, -0.2) is 18.0 Å². The van der Waals surface area contributed by atoms with Crippen LogP contribution < -0.4 is 4.74 Å². The normalized spacial score (nSPS) is 11.3. The van der Waals surface area contributed by atoms with Crippen LogP contribution in [0.15, 0.2) is 30.3 Å². The molecular formula is C36H49F5O14. The summed E-state index contributed by atoms with van der Waals surface area (Å²) in [5, 5.41) is 0. The number of carbonyl (C=O) groups is 2. The third-order valence-corrected chi connectivity index (χ3v) is 6.65. The first-order chi connectivity index (χ1) is 26.8. The zero-order valence-electron chi connectivity index (χ0n) is 30.5. The molecule has 0 radical (unpaired) electrons. The molecule has 0 aliphatic carbocycles. The van der Waals surface area contributed by atoms with E-state index in [4.69, 9.17) is 52.1 Å². The number of carbonyl (C=O) groups excluding carboxylic acids is 2. The van der Waals surface area contributed by atoms with Gasteiger partial charge in [0.05, 0.1) is 144 Å². The molecule has 0 aliphatic rings. The minimum Gasteiger partial charge on any atom is -0.460 e. The number of esters is 2. The molecule has 0 saturated carbocycles. The smallest absolute Gasteiger partial charge is 0.338 e. The van der Waals surface area contributed by atoms with Crippen LogP contribution in [0, 0.1) is 29.1 Å². The largest absolute Gasteiger partial charge is 0.460 e. The molecule has 2 aromatic carbocycles. The number of benzene rings is 2. The lowest BCUT2D eigenvalue weighted by atomic mass is 10.2. The Labute approximate surface area is 316 Å². The van der Waals surface area contributed by atoms with Gasteiger partial charge in [0.2, 0.25) is 34.8 Å². The van der Waals surface area contributed by atoms with Gasteiger partial charge >= 0.3 is 11.9 Å². The predicted octanol–water partition coefficient (Wildman–Crippen LogP) is 3.70. The van der Waals surface area contributed by atoms with Crippen LogP contribution >= 0.6 is 0 Å². The molecule has 55 heavy (non-hydrogen) atoms. The average molecular weight is 801 g/mol. The highest BCUT2D eigenvalue weighted by atomic mass is 19.2. The van der Waals surface area contributed by atoms with E-state index in [1.165, 1.54) is 0 Å². The van der Waals surface area contributed by atoms with E-state index in [0.717, 1.165) is 0 Å². The van der Waals surface area contributed by atoms with E-state index in [2.05, 4.69) is 4.74 Å². The summed E-state index contributed by atoms with van der Waals surface area (Å²) in [6.07, 6.45) is -0.492. The van der Waals surface area contributed by atoms with Gasteiger partial charge in [-0.15, -0.1) is 0 Å². The van der Waals surface area contributed by atoms with E-state index >= 15 is 0 Å². The molecule has 0 aromatic heterocycles. The third kappa shape index (κ3) is 22.7. The molecule has 2 rings (SSSR count). The first-order valence-corrected chi connectivity index (χ1v) is 17.5. The van der Waals surface area contributed by atoms with Gasteiger partial charge in [0.25, 0.3) is 0 Å². The summed E-state index contributed by atoms with van der Waals surface area (Å²) in [7, 11) is 0. The lowest BCUT2D eigenvalue weighted by molar-refractivity contribution is -0.136. The topological polar surface area (TPSA) is 145 Å². The van der Waals surface area contributed by atoms with Gasteiger partial charge in [-0.1, -0.05) is 18.2 Å². The highest BCUT2D eigenvalue weighted by Gasteiger charge is 2.28. The predicted molar refractivity (Wildman–Crippen MR) is 181 cm³/mol. The van der Waals surface area contributed by atoms with E-state index in [9.17, 15) is 31.5 Å². The van der Waals surface area contributed by atoms with Crippen molar-refractivity contribution in [3.8, 4) is 5.75 Å². The van der Waals surface area contributed by atoms with Gasteiger partial charge in [-0.2, -0.15) is 8.78 Å². The number of halogens is 5. The van der Waals surface area contributed by atoms with Crippen molar-refractivity contribution in [3.05, 3.63) is 65.0 Å². The standard InChI is InChI=1S/C36H49F5O14/c37-30-31(38)33(40)35(34(41)32(30)39)55-29(42)6-7-44-8-9-45-10-11-46-12-13-47-14-15-48-16-17-49-18-19-50-20-21-51-22-23-52-24-25-53-26-27-54-36(43)28-4-2-1-3-5-28/h1-5H,6-27H2. The Bertz CT molecular complexity index is 1280. The third-order valence-electron chi connectivity index (χ3n) is 6.65. The van der Waals surface area contributed by atoms with Gasteiger partial charge in [-0.3, -0.25) is 4.79 Å². The molecule has 0 saturated heterocycles. The molecule has 0 amide bonds. The molecule has 0 spiro atoms. The van der Waals surface area contributed by atoms with Crippen molar-refractivity contribution < 1.29 is 88.4 Å². The fraction of sp³-hybridized carbons (Fsp3) is 0.611. The summed E-state index contributed by atoms with van der Waals surface area (Å²) in [6, 6.07) is 8.76. The first kappa shape index (κ1) is 47.8. The van der Waals surface area contributed by atoms with Gasteiger partial charge in [0, 0.05) is 0 Å². The summed E-state index contributed by atoms with van der Waals surface area (Å²) in [5.41, 5.74) is 0.503. The van der Waals surface area contributed by atoms with Crippen LogP contribution in [0.25, 0.3) is 0 Å². The molecular weight excluding hydrogens is 751 g/mol. The van der Waals surface area contributed by atoms with E-state index in [1.807, 2.05) is 6.07 Å². The lowest BCUT2D eigenvalue weighted by Gasteiger charge is -2.09. The van der Waals surface area contributed by atoms with E-state index in [0.29, 0.717) is 111 Å². The van der Waals surface area contributed by atoms with E-state index in [-0.39, 0.29) is 39.0 Å². The van der Waals surface area contributed by atoms with Crippen molar-refractivity contribution >= 4 is 11.9 Å². The van der Waals surface area contributed by atoms with Crippen LogP contribution in [-0.2, 0) is 56.9 Å². The van der Waals surface area contributed by atoms with Crippen molar-refractivity contribution in [1.82, 2.24) is 0 Å². The van der Waals surface area contributed by atoms with Gasteiger partial charge in [0.1, 0.15) is 6.61 Å². The molecule has 0 atom stereocenters. The molecule has 0 unspecified atom stereocenters. The molecule has 2 aromatic rings. The second kappa shape index (κ2) is 31.8. The zero-order chi connectivity index (χ0) is 39.8. The molecule has 0 aliphatic heterocycles.